The summed E-state index contributed by atoms with van der Waals surface area (Å²) in [6.45, 7) is 4.22. The van der Waals surface area contributed by atoms with Gasteiger partial charge in [-0.05, 0) is 37.6 Å². The van der Waals surface area contributed by atoms with Crippen molar-refractivity contribution in [2.45, 2.75) is 19.9 Å². The van der Waals surface area contributed by atoms with Crippen LogP contribution in [0.4, 0.5) is 0 Å². The van der Waals surface area contributed by atoms with Crippen molar-refractivity contribution >= 4 is 18.3 Å². The van der Waals surface area contributed by atoms with E-state index in [1.165, 1.54) is 6.33 Å². The third-order valence-corrected chi connectivity index (χ3v) is 2.86. The molecule has 0 saturated heterocycles. The molecule has 1 heterocycles. The van der Waals surface area contributed by atoms with Crippen LogP contribution in [0, 0.1) is 6.92 Å². The second-order valence-corrected chi connectivity index (χ2v) is 4.45. The Hall–Kier alpha value is -1.92. The van der Waals surface area contributed by atoms with Gasteiger partial charge in [0.15, 0.2) is 0 Å². The van der Waals surface area contributed by atoms with Gasteiger partial charge in [0.25, 0.3) is 5.91 Å². The molecule has 0 radical (unpaired) electrons. The van der Waals surface area contributed by atoms with E-state index < -0.39 is 0 Å². The molecule has 1 aromatic heterocycles. The zero-order valence-corrected chi connectivity index (χ0v) is 12.2. The third-order valence-electron chi connectivity index (χ3n) is 2.86. The monoisotopic (exact) mass is 295 g/mol. The van der Waals surface area contributed by atoms with Gasteiger partial charge in [-0.2, -0.15) is 5.10 Å². The molecule has 108 valence electrons. The maximum absolute atomic E-state index is 12.0. The summed E-state index contributed by atoms with van der Waals surface area (Å²) in [6, 6.07) is 5.41. The molecule has 0 aliphatic rings. The summed E-state index contributed by atoms with van der Waals surface area (Å²) in [4.78, 5) is 15.9. The minimum Gasteiger partial charge on any atom is -0.348 e. The summed E-state index contributed by atoms with van der Waals surface area (Å²) in [6.07, 6.45) is 3.10. The fourth-order valence-electron chi connectivity index (χ4n) is 1.75. The number of amides is 1. The van der Waals surface area contributed by atoms with Crippen molar-refractivity contribution in [2.75, 3.05) is 6.54 Å². The van der Waals surface area contributed by atoms with Crippen LogP contribution in [0.5, 0.6) is 0 Å². The molecule has 2 aromatic rings. The number of halogens is 1. The van der Waals surface area contributed by atoms with Crippen molar-refractivity contribution in [3.8, 4) is 5.69 Å². The van der Waals surface area contributed by atoms with Gasteiger partial charge in [-0.25, -0.2) is 9.67 Å². The molecule has 0 bridgehead atoms. The first-order valence-electron chi connectivity index (χ1n) is 6.08. The molecule has 0 aliphatic heterocycles. The van der Waals surface area contributed by atoms with Crippen LogP contribution >= 0.6 is 12.4 Å². The average Bonchev–Trinajstić information content (AvgIpc) is 2.92. The Morgan fingerprint density at radius 1 is 1.50 bits per heavy atom. The molecule has 1 aromatic carbocycles. The number of aryl methyl sites for hydroxylation is 1. The number of nitrogens with zero attached hydrogens (tertiary/aromatic N) is 3. The number of nitrogens with one attached hydrogen (secondary N) is 1. The summed E-state index contributed by atoms with van der Waals surface area (Å²) >= 11 is 0. The van der Waals surface area contributed by atoms with Gasteiger partial charge in [-0.15, -0.1) is 12.4 Å². The SMILES string of the molecule is Cc1cc(C(=O)N[C@@H](C)CN)ccc1-n1cncn1.Cl. The number of hydrogen-bond acceptors (Lipinski definition) is 4. The van der Waals surface area contributed by atoms with Gasteiger partial charge in [0.2, 0.25) is 0 Å². The lowest BCUT2D eigenvalue weighted by Gasteiger charge is -2.12. The van der Waals surface area contributed by atoms with Crippen LogP contribution < -0.4 is 11.1 Å². The molecular formula is C13H18ClN5O. The Balaban J connectivity index is 0.00000200. The van der Waals surface area contributed by atoms with Crippen LogP contribution in [0.3, 0.4) is 0 Å². The standard InChI is InChI=1S/C13H17N5O.ClH/c1-9-5-11(13(19)17-10(2)6-14)3-4-12(9)18-8-15-7-16-18;/h3-5,7-8,10H,6,14H2,1-2H3,(H,17,19);1H/t10-;/m0./s1. The number of nitrogens with two attached hydrogens (primary N) is 1. The summed E-state index contributed by atoms with van der Waals surface area (Å²) in [5, 5.41) is 6.90. The van der Waals surface area contributed by atoms with E-state index in [0.717, 1.165) is 11.3 Å². The largest absolute Gasteiger partial charge is 0.348 e. The Morgan fingerprint density at radius 2 is 2.25 bits per heavy atom. The molecule has 3 N–H and O–H groups in total. The van der Waals surface area contributed by atoms with Crippen LogP contribution in [-0.2, 0) is 0 Å². The van der Waals surface area contributed by atoms with Gasteiger partial charge in [0, 0.05) is 18.2 Å². The quantitative estimate of drug-likeness (QED) is 0.883. The number of carbonyl (C=O) groups excluding carboxylic acids is 1. The lowest BCUT2D eigenvalue weighted by Crippen LogP contribution is -2.37. The first-order chi connectivity index (χ1) is 9.11. The molecule has 6 nitrogen and oxygen atoms in total. The second-order valence-electron chi connectivity index (χ2n) is 4.45. The van der Waals surface area contributed by atoms with Gasteiger partial charge >= 0.3 is 0 Å². The zero-order chi connectivity index (χ0) is 13.8. The van der Waals surface area contributed by atoms with E-state index in [-0.39, 0.29) is 24.4 Å². The highest BCUT2D eigenvalue weighted by Crippen LogP contribution is 2.14. The summed E-state index contributed by atoms with van der Waals surface area (Å²) in [5.74, 6) is -0.119. The van der Waals surface area contributed by atoms with Crippen LogP contribution in [0.2, 0.25) is 0 Å². The highest BCUT2D eigenvalue weighted by atomic mass is 35.5. The van der Waals surface area contributed by atoms with Crippen molar-refractivity contribution in [1.82, 2.24) is 20.1 Å². The number of aromatic nitrogens is 3. The zero-order valence-electron chi connectivity index (χ0n) is 11.4. The van der Waals surface area contributed by atoms with Gasteiger partial charge in [0.1, 0.15) is 12.7 Å². The van der Waals surface area contributed by atoms with Gasteiger partial charge in [-0.3, -0.25) is 4.79 Å². The predicted molar refractivity (Wildman–Crippen MR) is 79.3 cm³/mol. The molecule has 1 atom stereocenters. The smallest absolute Gasteiger partial charge is 0.251 e. The molecule has 0 unspecified atom stereocenters. The van der Waals surface area contributed by atoms with Gasteiger partial charge < -0.3 is 11.1 Å². The Kier molecular flexibility index (Phi) is 5.66. The fourth-order valence-corrected chi connectivity index (χ4v) is 1.75. The number of carbonyl (C=O) groups is 1. The fraction of sp³-hybridized carbons (Fsp3) is 0.308. The van der Waals surface area contributed by atoms with E-state index in [1.807, 2.05) is 26.0 Å². The van der Waals surface area contributed by atoms with Crippen LogP contribution in [0.25, 0.3) is 5.69 Å². The summed E-state index contributed by atoms with van der Waals surface area (Å²) in [5.41, 5.74) is 7.96. The molecule has 1 amide bonds. The maximum atomic E-state index is 12.0. The van der Waals surface area contributed by atoms with Crippen LogP contribution in [0.15, 0.2) is 30.9 Å². The average molecular weight is 296 g/mol. The Bertz CT molecular complexity index is 570. The van der Waals surface area contributed by atoms with Gasteiger partial charge in [0.05, 0.1) is 5.69 Å². The van der Waals surface area contributed by atoms with Crippen LogP contribution in [0.1, 0.15) is 22.8 Å². The Morgan fingerprint density at radius 3 is 2.80 bits per heavy atom. The van der Waals surface area contributed by atoms with Crippen molar-refractivity contribution in [3.63, 3.8) is 0 Å². The molecule has 7 heteroatoms. The van der Waals surface area contributed by atoms with E-state index in [0.29, 0.717) is 12.1 Å². The molecule has 0 aliphatic carbocycles. The Labute approximate surface area is 123 Å². The van der Waals surface area contributed by atoms with E-state index in [2.05, 4.69) is 15.4 Å². The van der Waals surface area contributed by atoms with Gasteiger partial charge in [-0.1, -0.05) is 0 Å². The lowest BCUT2D eigenvalue weighted by molar-refractivity contribution is 0.0941. The van der Waals surface area contributed by atoms with Crippen molar-refractivity contribution in [3.05, 3.63) is 42.0 Å². The second kappa shape index (κ2) is 7.02. The van der Waals surface area contributed by atoms with Crippen molar-refractivity contribution in [1.29, 1.82) is 0 Å². The predicted octanol–water partition coefficient (Wildman–Crippen LogP) is 1.07. The normalized spacial score (nSPS) is 11.6. The molecular weight excluding hydrogens is 278 g/mol. The minimum absolute atomic E-state index is 0. The molecule has 2 rings (SSSR count). The molecule has 0 spiro atoms. The van der Waals surface area contributed by atoms with E-state index >= 15 is 0 Å². The summed E-state index contributed by atoms with van der Waals surface area (Å²) in [7, 11) is 0. The van der Waals surface area contributed by atoms with Crippen molar-refractivity contribution in [2.24, 2.45) is 5.73 Å². The number of hydrogen-bond donors (Lipinski definition) is 2. The lowest BCUT2D eigenvalue weighted by atomic mass is 10.1. The topological polar surface area (TPSA) is 85.8 Å². The highest BCUT2D eigenvalue weighted by Gasteiger charge is 2.10. The van der Waals surface area contributed by atoms with Crippen molar-refractivity contribution < 1.29 is 4.79 Å². The third kappa shape index (κ3) is 3.55. The van der Waals surface area contributed by atoms with E-state index in [1.54, 1.807) is 17.1 Å². The maximum Gasteiger partial charge on any atom is 0.251 e. The number of benzene rings is 1. The molecule has 20 heavy (non-hydrogen) atoms. The number of rotatable bonds is 4. The first-order valence-corrected chi connectivity index (χ1v) is 6.08. The minimum atomic E-state index is -0.119. The van der Waals surface area contributed by atoms with E-state index in [9.17, 15) is 4.79 Å². The summed E-state index contributed by atoms with van der Waals surface area (Å²) < 4.78 is 1.67. The van der Waals surface area contributed by atoms with Crippen LogP contribution in [-0.4, -0.2) is 33.3 Å². The molecule has 0 fully saturated rings. The van der Waals surface area contributed by atoms with E-state index in [4.69, 9.17) is 5.73 Å². The first kappa shape index (κ1) is 16.1. The molecule has 0 saturated carbocycles. The highest BCUT2D eigenvalue weighted by molar-refractivity contribution is 5.94.